The van der Waals surface area contributed by atoms with Crippen LogP contribution < -0.4 is 16.4 Å². The molecule has 0 radical (unpaired) electrons. The highest BCUT2D eigenvalue weighted by Crippen LogP contribution is 1.93. The predicted molar refractivity (Wildman–Crippen MR) is 68.7 cm³/mol. The monoisotopic (exact) mass is 283 g/mol. The minimum absolute atomic E-state index is 0.274. The van der Waals surface area contributed by atoms with Gasteiger partial charge in [0.2, 0.25) is 5.91 Å². The molecular weight excluding hydrogens is 266 g/mol. The Hall–Kier alpha value is -2.58. The van der Waals surface area contributed by atoms with E-state index < -0.39 is 30.4 Å². The Labute approximate surface area is 115 Å². The fourth-order valence-electron chi connectivity index (χ4n) is 1.48. The van der Waals surface area contributed by atoms with Gasteiger partial charge in [0.15, 0.2) is 0 Å². The molecule has 0 fully saturated rings. The lowest BCUT2D eigenvalue weighted by Gasteiger charge is -2.13. The van der Waals surface area contributed by atoms with Crippen molar-refractivity contribution < 1.29 is 19.5 Å². The van der Waals surface area contributed by atoms with Gasteiger partial charge < -0.3 is 21.5 Å². The van der Waals surface area contributed by atoms with Gasteiger partial charge in [0, 0.05) is 12.7 Å². The van der Waals surface area contributed by atoms with E-state index in [4.69, 9.17) is 10.8 Å². The van der Waals surface area contributed by atoms with Gasteiger partial charge in [0.25, 0.3) is 0 Å². The van der Waals surface area contributed by atoms with Crippen molar-refractivity contribution in [2.24, 2.45) is 5.73 Å². The fourth-order valence-corrected chi connectivity index (χ4v) is 1.48. The highest BCUT2D eigenvalue weighted by atomic mass is 16.4. The molecule has 0 saturated carbocycles. The van der Waals surface area contributed by atoms with Crippen molar-refractivity contribution in [2.75, 3.05) is 6.54 Å². The third-order valence-corrected chi connectivity index (χ3v) is 2.40. The van der Waals surface area contributed by atoms with Gasteiger partial charge in [-0.2, -0.15) is 5.10 Å². The van der Waals surface area contributed by atoms with Crippen LogP contribution in [0.5, 0.6) is 0 Å². The Kier molecular flexibility index (Phi) is 5.51. The lowest BCUT2D eigenvalue weighted by atomic mass is 10.2. The van der Waals surface area contributed by atoms with Crippen molar-refractivity contribution in [3.8, 4) is 0 Å². The lowest BCUT2D eigenvalue weighted by Crippen LogP contribution is -2.48. The zero-order valence-electron chi connectivity index (χ0n) is 11.0. The summed E-state index contributed by atoms with van der Waals surface area (Å²) in [5.41, 5.74) is 5.90. The number of nitrogens with two attached hydrogens (primary N) is 1. The molecule has 3 amide bonds. The van der Waals surface area contributed by atoms with Crippen LogP contribution in [0.4, 0.5) is 4.79 Å². The molecule has 1 aromatic rings. The summed E-state index contributed by atoms with van der Waals surface area (Å²) in [6.07, 6.45) is 3.04. The highest BCUT2D eigenvalue weighted by Gasteiger charge is 2.21. The van der Waals surface area contributed by atoms with Crippen molar-refractivity contribution in [3.05, 3.63) is 18.0 Å². The van der Waals surface area contributed by atoms with Crippen molar-refractivity contribution in [2.45, 2.75) is 25.9 Å². The van der Waals surface area contributed by atoms with Gasteiger partial charge in [-0.25, -0.2) is 9.59 Å². The Morgan fingerprint density at radius 3 is 2.70 bits per heavy atom. The first-order valence-electron chi connectivity index (χ1n) is 5.93. The van der Waals surface area contributed by atoms with E-state index in [1.165, 1.54) is 0 Å². The number of aryl methyl sites for hydroxylation is 1. The molecule has 0 unspecified atom stereocenters. The quantitative estimate of drug-likeness (QED) is 0.498. The van der Waals surface area contributed by atoms with Crippen LogP contribution in [0, 0.1) is 6.92 Å². The molecule has 9 heteroatoms. The Morgan fingerprint density at radius 2 is 2.20 bits per heavy atom. The topological polar surface area (TPSA) is 139 Å². The van der Waals surface area contributed by atoms with Gasteiger partial charge in [-0.1, -0.05) is 0 Å². The minimum atomic E-state index is -1.33. The van der Waals surface area contributed by atoms with Crippen LogP contribution in [0.3, 0.4) is 0 Å². The van der Waals surface area contributed by atoms with E-state index in [0.717, 1.165) is 5.56 Å². The fraction of sp³-hybridized carbons (Fsp3) is 0.455. The molecule has 1 atom stereocenters. The Bertz CT molecular complexity index is 499. The van der Waals surface area contributed by atoms with E-state index >= 15 is 0 Å². The summed E-state index contributed by atoms with van der Waals surface area (Å²) >= 11 is 0. The average Bonchev–Trinajstić information content (AvgIpc) is 2.73. The number of hydrogen-bond donors (Lipinski definition) is 4. The molecule has 1 heterocycles. The number of carbonyl (C=O) groups excluding carboxylic acids is 2. The number of aromatic nitrogens is 2. The van der Waals surface area contributed by atoms with E-state index in [1.807, 2.05) is 13.1 Å². The number of amides is 3. The third kappa shape index (κ3) is 5.38. The zero-order valence-corrected chi connectivity index (χ0v) is 11.0. The van der Waals surface area contributed by atoms with Gasteiger partial charge in [0.05, 0.1) is 19.2 Å². The van der Waals surface area contributed by atoms with Crippen LogP contribution in [-0.2, 0) is 16.1 Å². The first-order chi connectivity index (χ1) is 9.38. The van der Waals surface area contributed by atoms with Crippen LogP contribution in [0.25, 0.3) is 0 Å². The number of carbonyl (C=O) groups is 3. The summed E-state index contributed by atoms with van der Waals surface area (Å²) in [7, 11) is 0. The molecule has 0 bridgehead atoms. The number of urea groups is 1. The molecule has 1 aromatic heterocycles. The maximum atomic E-state index is 11.5. The van der Waals surface area contributed by atoms with Gasteiger partial charge in [-0.3, -0.25) is 9.48 Å². The van der Waals surface area contributed by atoms with E-state index in [1.54, 1.807) is 10.9 Å². The molecular formula is C11H17N5O4. The molecule has 110 valence electrons. The van der Waals surface area contributed by atoms with Gasteiger partial charge in [0.1, 0.15) is 6.04 Å². The van der Waals surface area contributed by atoms with Crippen LogP contribution in [0.1, 0.15) is 12.0 Å². The summed E-state index contributed by atoms with van der Waals surface area (Å²) in [6, 6.07) is -2.01. The standard InChI is InChI=1S/C11H17N5O4/c1-7-5-14-16(6-7)3-2-13-11(20)15-8(10(18)19)4-9(12)17/h5-6,8H,2-4H2,1H3,(H2,12,17)(H,18,19)(H2,13,15,20)/t8-/m0/s1. The summed E-state index contributed by atoms with van der Waals surface area (Å²) in [6.45, 7) is 2.62. The molecule has 1 rings (SSSR count). The summed E-state index contributed by atoms with van der Waals surface area (Å²) < 4.78 is 1.65. The highest BCUT2D eigenvalue weighted by molar-refractivity contribution is 5.87. The Balaban J connectivity index is 2.34. The van der Waals surface area contributed by atoms with Crippen molar-refractivity contribution in [1.82, 2.24) is 20.4 Å². The van der Waals surface area contributed by atoms with Crippen LogP contribution >= 0.6 is 0 Å². The van der Waals surface area contributed by atoms with Crippen LogP contribution in [0.15, 0.2) is 12.4 Å². The van der Waals surface area contributed by atoms with Crippen molar-refractivity contribution >= 4 is 17.9 Å². The van der Waals surface area contributed by atoms with Crippen molar-refractivity contribution in [1.29, 1.82) is 0 Å². The summed E-state index contributed by atoms with van der Waals surface area (Å²) in [4.78, 5) is 32.9. The smallest absolute Gasteiger partial charge is 0.326 e. The number of hydrogen-bond acceptors (Lipinski definition) is 4. The number of nitrogens with zero attached hydrogens (tertiary/aromatic N) is 2. The van der Waals surface area contributed by atoms with Gasteiger partial charge in [-0.05, 0) is 12.5 Å². The number of carboxylic acids is 1. The maximum absolute atomic E-state index is 11.5. The van der Waals surface area contributed by atoms with Crippen LogP contribution in [0.2, 0.25) is 0 Å². The van der Waals surface area contributed by atoms with Crippen molar-refractivity contribution in [3.63, 3.8) is 0 Å². The predicted octanol–water partition coefficient (Wildman–Crippen LogP) is -1.18. The maximum Gasteiger partial charge on any atom is 0.326 e. The molecule has 0 aliphatic carbocycles. The summed E-state index contributed by atoms with van der Waals surface area (Å²) in [5.74, 6) is -2.12. The normalized spacial score (nSPS) is 11.7. The molecule has 5 N–H and O–H groups in total. The SMILES string of the molecule is Cc1cnn(CCNC(=O)N[C@@H](CC(N)=O)C(=O)O)c1. The molecule has 0 aliphatic rings. The number of nitrogens with one attached hydrogen (secondary N) is 2. The van der Waals surface area contributed by atoms with E-state index in [2.05, 4.69) is 15.7 Å². The lowest BCUT2D eigenvalue weighted by molar-refractivity contribution is -0.140. The third-order valence-electron chi connectivity index (χ3n) is 2.40. The van der Waals surface area contributed by atoms with Gasteiger partial charge >= 0.3 is 12.0 Å². The zero-order chi connectivity index (χ0) is 15.1. The first kappa shape index (κ1) is 15.5. The van der Waals surface area contributed by atoms with Gasteiger partial charge in [-0.15, -0.1) is 0 Å². The number of rotatable bonds is 7. The largest absolute Gasteiger partial charge is 0.480 e. The molecule has 0 aromatic carbocycles. The summed E-state index contributed by atoms with van der Waals surface area (Å²) in [5, 5.41) is 17.5. The molecule has 9 nitrogen and oxygen atoms in total. The Morgan fingerprint density at radius 1 is 1.50 bits per heavy atom. The number of aliphatic carboxylic acids is 1. The van der Waals surface area contributed by atoms with Crippen LogP contribution in [-0.4, -0.2) is 45.4 Å². The first-order valence-corrected chi connectivity index (χ1v) is 5.93. The second-order valence-corrected chi connectivity index (χ2v) is 4.24. The second-order valence-electron chi connectivity index (χ2n) is 4.24. The molecule has 0 aliphatic heterocycles. The van der Waals surface area contributed by atoms with E-state index in [0.29, 0.717) is 6.54 Å². The number of carboxylic acid groups (broad SMARTS) is 1. The molecule has 0 saturated heterocycles. The minimum Gasteiger partial charge on any atom is -0.480 e. The second kappa shape index (κ2) is 7.12. The average molecular weight is 283 g/mol. The molecule has 20 heavy (non-hydrogen) atoms. The number of primary amides is 1. The molecule has 0 spiro atoms. The van der Waals surface area contributed by atoms with E-state index in [-0.39, 0.29) is 6.54 Å². The van der Waals surface area contributed by atoms with E-state index in [9.17, 15) is 14.4 Å².